The first-order valence-electron chi connectivity index (χ1n) is 8.78. The van der Waals surface area contributed by atoms with Crippen LogP contribution in [0.15, 0.2) is 41.8 Å². The zero-order valence-corrected chi connectivity index (χ0v) is 15.3. The number of likely N-dealkylation sites (tertiary alicyclic amines) is 1. The molecule has 4 nitrogen and oxygen atoms in total. The Morgan fingerprint density at radius 2 is 2.08 bits per heavy atom. The molecule has 0 spiro atoms. The predicted octanol–water partition coefficient (Wildman–Crippen LogP) is 5.21. The van der Waals surface area contributed by atoms with E-state index in [2.05, 4.69) is 48.7 Å². The Hall–Kier alpha value is -2.14. The molecule has 1 saturated heterocycles. The molecule has 1 atom stereocenters. The van der Waals surface area contributed by atoms with Crippen LogP contribution in [0.5, 0.6) is 0 Å². The van der Waals surface area contributed by atoms with E-state index in [1.807, 2.05) is 6.07 Å². The van der Waals surface area contributed by atoms with Gasteiger partial charge in [0, 0.05) is 24.4 Å². The summed E-state index contributed by atoms with van der Waals surface area (Å²) in [6, 6.07) is 10.5. The number of hydrogen-bond donors (Lipinski definition) is 1. The third-order valence-electron chi connectivity index (χ3n) is 4.80. The Bertz CT molecular complexity index is 718. The molecular weight excluding hydrogens is 332 g/mol. The largest absolute Gasteiger partial charge is 0.465 e. The number of carbonyl (C=O) groups is 1. The molecule has 1 N–H and O–H groups in total. The Balaban J connectivity index is 1.53. The molecule has 5 heteroatoms. The van der Waals surface area contributed by atoms with Crippen LogP contribution in [0.1, 0.15) is 54.3 Å². The van der Waals surface area contributed by atoms with E-state index in [1.54, 1.807) is 11.3 Å². The minimum absolute atomic E-state index is 0.394. The van der Waals surface area contributed by atoms with E-state index in [-0.39, 0.29) is 0 Å². The molecule has 1 aromatic carbocycles. The van der Waals surface area contributed by atoms with Gasteiger partial charge in [-0.05, 0) is 36.8 Å². The molecule has 2 aromatic rings. The molecule has 1 unspecified atom stereocenters. The maximum absolute atomic E-state index is 11.0. The molecule has 1 amide bonds. The third kappa shape index (κ3) is 4.69. The first kappa shape index (κ1) is 17.7. The van der Waals surface area contributed by atoms with E-state index in [4.69, 9.17) is 10.1 Å². The monoisotopic (exact) mass is 356 g/mol. The summed E-state index contributed by atoms with van der Waals surface area (Å²) in [7, 11) is 0. The molecule has 0 aliphatic carbocycles. The Labute approximate surface area is 152 Å². The number of hydrogen-bond acceptors (Lipinski definition) is 3. The van der Waals surface area contributed by atoms with Crippen LogP contribution in [0.25, 0.3) is 6.08 Å². The van der Waals surface area contributed by atoms with Crippen molar-refractivity contribution in [3.63, 3.8) is 0 Å². The van der Waals surface area contributed by atoms with Crippen LogP contribution < -0.4 is 0 Å². The zero-order chi connectivity index (χ0) is 17.6. The van der Waals surface area contributed by atoms with Crippen molar-refractivity contribution in [2.45, 2.75) is 38.0 Å². The highest BCUT2D eigenvalue weighted by Crippen LogP contribution is 2.30. The maximum atomic E-state index is 11.0. The summed E-state index contributed by atoms with van der Waals surface area (Å²) in [5.74, 6) is 0.891. The summed E-state index contributed by atoms with van der Waals surface area (Å²) in [5.41, 5.74) is 2.37. The third-order valence-corrected chi connectivity index (χ3v) is 5.83. The van der Waals surface area contributed by atoms with Crippen molar-refractivity contribution in [2.75, 3.05) is 13.1 Å². The first-order chi connectivity index (χ1) is 12.1. The predicted molar refractivity (Wildman–Crippen MR) is 102 cm³/mol. The van der Waals surface area contributed by atoms with Gasteiger partial charge in [-0.3, -0.25) is 0 Å². The van der Waals surface area contributed by atoms with Crippen molar-refractivity contribution >= 4 is 23.5 Å². The van der Waals surface area contributed by atoms with Crippen molar-refractivity contribution in [1.29, 1.82) is 0 Å². The lowest BCUT2D eigenvalue weighted by atomic mass is 9.97. The van der Waals surface area contributed by atoms with Crippen molar-refractivity contribution in [1.82, 2.24) is 9.88 Å². The average molecular weight is 356 g/mol. The topological polar surface area (TPSA) is 53.4 Å². The van der Waals surface area contributed by atoms with Gasteiger partial charge >= 0.3 is 6.09 Å². The average Bonchev–Trinajstić information content (AvgIpc) is 3.11. The maximum Gasteiger partial charge on any atom is 0.407 e. The van der Waals surface area contributed by atoms with Crippen LogP contribution in [-0.2, 0) is 0 Å². The number of benzene rings is 1. The van der Waals surface area contributed by atoms with E-state index in [0.29, 0.717) is 24.9 Å². The molecule has 1 aliphatic rings. The van der Waals surface area contributed by atoms with Crippen LogP contribution in [-0.4, -0.2) is 34.2 Å². The van der Waals surface area contributed by atoms with Crippen LogP contribution in [0.3, 0.4) is 0 Å². The first-order valence-corrected chi connectivity index (χ1v) is 9.66. The molecule has 3 rings (SSSR count). The molecular formula is C20H24N2O2S. The van der Waals surface area contributed by atoms with Crippen molar-refractivity contribution in [2.24, 2.45) is 0 Å². The van der Waals surface area contributed by atoms with Gasteiger partial charge < -0.3 is 10.0 Å². The second kappa shape index (κ2) is 8.30. The summed E-state index contributed by atoms with van der Waals surface area (Å²) in [5, 5.41) is 12.3. The molecule has 2 heterocycles. The summed E-state index contributed by atoms with van der Waals surface area (Å²) >= 11 is 1.69. The van der Waals surface area contributed by atoms with Gasteiger partial charge in [0.2, 0.25) is 0 Å². The van der Waals surface area contributed by atoms with Crippen molar-refractivity contribution in [3.8, 4) is 0 Å². The van der Waals surface area contributed by atoms with Gasteiger partial charge in [0.25, 0.3) is 0 Å². The molecule has 0 radical (unpaired) electrons. The highest BCUT2D eigenvalue weighted by Gasteiger charge is 2.25. The van der Waals surface area contributed by atoms with Crippen molar-refractivity contribution in [3.05, 3.63) is 58.1 Å². The number of nitrogens with zero attached hydrogens (tertiary/aromatic N) is 2. The SMILES string of the molecule is CC(C/C=C\c1csc(C2CCN(C(=O)O)CC2)n1)c1ccccc1. The van der Waals surface area contributed by atoms with Gasteiger partial charge in [0.05, 0.1) is 10.7 Å². The minimum atomic E-state index is -0.811. The highest BCUT2D eigenvalue weighted by molar-refractivity contribution is 7.09. The van der Waals surface area contributed by atoms with E-state index in [1.165, 1.54) is 10.5 Å². The zero-order valence-electron chi connectivity index (χ0n) is 14.5. The highest BCUT2D eigenvalue weighted by atomic mass is 32.1. The van der Waals surface area contributed by atoms with Gasteiger partial charge in [0.1, 0.15) is 0 Å². The molecule has 0 saturated carbocycles. The Kier molecular flexibility index (Phi) is 5.87. The number of thiazole rings is 1. The Morgan fingerprint density at radius 1 is 1.36 bits per heavy atom. The number of piperidine rings is 1. The molecule has 132 valence electrons. The van der Waals surface area contributed by atoms with Crippen LogP contribution in [0.4, 0.5) is 4.79 Å². The number of amides is 1. The minimum Gasteiger partial charge on any atom is -0.465 e. The summed E-state index contributed by atoms with van der Waals surface area (Å²) in [6.07, 6.45) is 6.22. The molecule has 1 aromatic heterocycles. The van der Waals surface area contributed by atoms with Crippen molar-refractivity contribution < 1.29 is 9.90 Å². The van der Waals surface area contributed by atoms with Crippen LogP contribution >= 0.6 is 11.3 Å². The molecule has 1 fully saturated rings. The second-order valence-corrected chi connectivity index (χ2v) is 7.49. The number of rotatable bonds is 5. The van der Waals surface area contributed by atoms with Gasteiger partial charge in [0.15, 0.2) is 0 Å². The Morgan fingerprint density at radius 3 is 2.76 bits per heavy atom. The summed E-state index contributed by atoms with van der Waals surface area (Å²) in [4.78, 5) is 17.2. The molecule has 0 bridgehead atoms. The quantitative estimate of drug-likeness (QED) is 0.800. The number of carboxylic acid groups (broad SMARTS) is 1. The molecule has 25 heavy (non-hydrogen) atoms. The smallest absolute Gasteiger partial charge is 0.407 e. The number of allylic oxidation sites excluding steroid dienone is 1. The van der Waals surface area contributed by atoms with E-state index >= 15 is 0 Å². The normalized spacial score (nSPS) is 17.1. The second-order valence-electron chi connectivity index (χ2n) is 6.60. The fourth-order valence-electron chi connectivity index (χ4n) is 3.19. The van der Waals surface area contributed by atoms with Gasteiger partial charge in [-0.2, -0.15) is 0 Å². The van der Waals surface area contributed by atoms with E-state index < -0.39 is 6.09 Å². The fourth-order valence-corrected chi connectivity index (χ4v) is 4.15. The molecule has 1 aliphatic heterocycles. The number of aromatic nitrogens is 1. The lowest BCUT2D eigenvalue weighted by molar-refractivity contribution is 0.132. The lowest BCUT2D eigenvalue weighted by Gasteiger charge is -2.28. The fraction of sp³-hybridized carbons (Fsp3) is 0.400. The van der Waals surface area contributed by atoms with Gasteiger partial charge in [-0.15, -0.1) is 11.3 Å². The van der Waals surface area contributed by atoms with E-state index in [9.17, 15) is 4.79 Å². The van der Waals surface area contributed by atoms with Gasteiger partial charge in [-0.25, -0.2) is 9.78 Å². The van der Waals surface area contributed by atoms with Crippen LogP contribution in [0.2, 0.25) is 0 Å². The summed E-state index contributed by atoms with van der Waals surface area (Å²) < 4.78 is 0. The van der Waals surface area contributed by atoms with E-state index in [0.717, 1.165) is 30.0 Å². The van der Waals surface area contributed by atoms with Gasteiger partial charge in [-0.1, -0.05) is 43.3 Å². The summed E-state index contributed by atoms with van der Waals surface area (Å²) in [6.45, 7) is 3.46. The van der Waals surface area contributed by atoms with Crippen LogP contribution in [0, 0.1) is 0 Å². The lowest BCUT2D eigenvalue weighted by Crippen LogP contribution is -2.36. The standard InChI is InChI=1S/C20H24N2O2S/c1-15(16-7-3-2-4-8-16)6-5-9-18-14-25-19(21-18)17-10-12-22(13-11-17)20(23)24/h2-5,7-9,14-15,17H,6,10-13H2,1H3,(H,23,24)/b9-5-.